The average Bonchev–Trinajstić information content (AvgIpc) is 3.07. The number of benzene rings is 1. The Kier molecular flexibility index (Phi) is 4.54. The fourth-order valence-corrected chi connectivity index (χ4v) is 4.64. The molecule has 2 fully saturated rings. The molecule has 1 aromatic carbocycles. The molecule has 1 saturated carbocycles. The number of pyridine rings is 1. The number of fused-ring (bicyclic) bond motifs is 2. The van der Waals surface area contributed by atoms with Crippen molar-refractivity contribution in [3.05, 3.63) is 60.3 Å². The maximum absolute atomic E-state index is 12.0. The fraction of sp³-hybridized carbons (Fsp3) is 0.348. The number of hydrogen-bond donors (Lipinski definition) is 1. The van der Waals surface area contributed by atoms with Gasteiger partial charge in [0.25, 0.3) is 0 Å². The number of anilines is 1. The minimum absolute atomic E-state index is 0.0475. The number of amides is 1. The van der Waals surface area contributed by atoms with Gasteiger partial charge in [-0.1, -0.05) is 12.1 Å². The van der Waals surface area contributed by atoms with Gasteiger partial charge in [-0.25, -0.2) is 4.98 Å². The van der Waals surface area contributed by atoms with Crippen LogP contribution >= 0.6 is 0 Å². The van der Waals surface area contributed by atoms with E-state index in [4.69, 9.17) is 4.42 Å². The molecular weight excluding hydrogens is 364 g/mol. The molecule has 6 nitrogen and oxygen atoms in total. The van der Waals surface area contributed by atoms with Gasteiger partial charge in [-0.3, -0.25) is 9.78 Å². The van der Waals surface area contributed by atoms with Gasteiger partial charge in [-0.05, 0) is 54.0 Å². The Labute approximate surface area is 169 Å². The molecule has 2 unspecified atom stereocenters. The summed E-state index contributed by atoms with van der Waals surface area (Å²) in [5, 5.41) is 3.00. The van der Waals surface area contributed by atoms with E-state index in [0.717, 1.165) is 60.2 Å². The summed E-state index contributed by atoms with van der Waals surface area (Å²) in [7, 11) is 0. The number of rotatable bonds is 6. The van der Waals surface area contributed by atoms with Crippen molar-refractivity contribution >= 4 is 28.8 Å². The van der Waals surface area contributed by atoms with E-state index in [1.165, 1.54) is 0 Å². The fourth-order valence-electron chi connectivity index (χ4n) is 4.64. The molecule has 2 aromatic heterocycles. The molecule has 29 heavy (non-hydrogen) atoms. The van der Waals surface area contributed by atoms with E-state index in [-0.39, 0.29) is 5.91 Å². The summed E-state index contributed by atoms with van der Waals surface area (Å²) in [5.41, 5.74) is 3.91. The Morgan fingerprint density at radius 2 is 2.14 bits per heavy atom. The van der Waals surface area contributed by atoms with Gasteiger partial charge in [-0.2, -0.15) is 0 Å². The lowest BCUT2D eigenvalue weighted by atomic mass is 10.1. The summed E-state index contributed by atoms with van der Waals surface area (Å²) in [5.74, 6) is 2.82. The van der Waals surface area contributed by atoms with Crippen molar-refractivity contribution in [3.63, 3.8) is 0 Å². The SMILES string of the molecule is Cc1nc2cccc(N3CC4C(CCNC(=O)/C=C/c5cccnc5)C4C3)c2o1. The van der Waals surface area contributed by atoms with Crippen molar-refractivity contribution in [2.75, 3.05) is 24.5 Å². The van der Waals surface area contributed by atoms with Crippen LogP contribution in [-0.4, -0.2) is 35.5 Å². The van der Waals surface area contributed by atoms with Crippen LogP contribution in [0.5, 0.6) is 0 Å². The van der Waals surface area contributed by atoms with E-state index in [9.17, 15) is 4.79 Å². The maximum atomic E-state index is 12.0. The first kappa shape index (κ1) is 17.9. The Hall–Kier alpha value is -3.15. The lowest BCUT2D eigenvalue weighted by molar-refractivity contribution is -0.116. The van der Waals surface area contributed by atoms with Crippen LogP contribution in [0.1, 0.15) is 17.9 Å². The molecule has 0 bridgehead atoms. The van der Waals surface area contributed by atoms with Crippen LogP contribution in [0.2, 0.25) is 0 Å². The molecule has 1 aliphatic carbocycles. The zero-order chi connectivity index (χ0) is 19.8. The van der Waals surface area contributed by atoms with Crippen molar-refractivity contribution in [1.82, 2.24) is 15.3 Å². The zero-order valence-electron chi connectivity index (χ0n) is 16.4. The van der Waals surface area contributed by atoms with E-state index >= 15 is 0 Å². The van der Waals surface area contributed by atoms with Crippen LogP contribution in [0.4, 0.5) is 5.69 Å². The van der Waals surface area contributed by atoms with Crippen molar-refractivity contribution in [3.8, 4) is 0 Å². The highest BCUT2D eigenvalue weighted by molar-refractivity contribution is 5.91. The number of para-hydroxylation sites is 1. The lowest BCUT2D eigenvalue weighted by Gasteiger charge is -2.22. The van der Waals surface area contributed by atoms with Gasteiger partial charge in [-0.15, -0.1) is 0 Å². The number of aromatic nitrogens is 2. The van der Waals surface area contributed by atoms with Gasteiger partial charge in [0, 0.05) is 45.0 Å². The van der Waals surface area contributed by atoms with Crippen LogP contribution < -0.4 is 10.2 Å². The first-order chi connectivity index (χ1) is 14.2. The number of oxazole rings is 1. The molecule has 2 atom stereocenters. The van der Waals surface area contributed by atoms with Crippen LogP contribution in [0.25, 0.3) is 17.2 Å². The highest BCUT2D eigenvalue weighted by Crippen LogP contribution is 2.54. The number of nitrogens with zero attached hydrogens (tertiary/aromatic N) is 3. The van der Waals surface area contributed by atoms with E-state index in [2.05, 4.69) is 32.3 Å². The minimum atomic E-state index is -0.0475. The number of carbonyl (C=O) groups excluding carboxylic acids is 1. The van der Waals surface area contributed by atoms with Gasteiger partial charge in [0.2, 0.25) is 5.91 Å². The molecule has 6 heteroatoms. The number of hydrogen-bond acceptors (Lipinski definition) is 5. The third-order valence-electron chi connectivity index (χ3n) is 6.10. The number of aryl methyl sites for hydroxylation is 1. The predicted octanol–water partition coefficient (Wildman–Crippen LogP) is 3.43. The highest BCUT2D eigenvalue weighted by atomic mass is 16.3. The highest BCUT2D eigenvalue weighted by Gasteiger charge is 2.55. The second-order valence-electron chi connectivity index (χ2n) is 7.95. The Morgan fingerprint density at radius 3 is 2.93 bits per heavy atom. The van der Waals surface area contributed by atoms with E-state index in [1.807, 2.05) is 25.1 Å². The number of carbonyl (C=O) groups is 1. The van der Waals surface area contributed by atoms with Gasteiger partial charge in [0.05, 0.1) is 5.69 Å². The van der Waals surface area contributed by atoms with Crippen LogP contribution in [0, 0.1) is 24.7 Å². The molecule has 1 amide bonds. The summed E-state index contributed by atoms with van der Waals surface area (Å²) in [6.45, 7) is 4.73. The second-order valence-corrected chi connectivity index (χ2v) is 7.95. The first-order valence-corrected chi connectivity index (χ1v) is 10.2. The monoisotopic (exact) mass is 388 g/mol. The van der Waals surface area contributed by atoms with Crippen LogP contribution in [0.3, 0.4) is 0 Å². The summed E-state index contributed by atoms with van der Waals surface area (Å²) in [6, 6.07) is 9.96. The predicted molar refractivity (Wildman–Crippen MR) is 112 cm³/mol. The minimum Gasteiger partial charge on any atom is -0.439 e. The Balaban J connectivity index is 1.10. The van der Waals surface area contributed by atoms with E-state index < -0.39 is 0 Å². The zero-order valence-corrected chi connectivity index (χ0v) is 16.4. The molecular formula is C23H24N4O2. The van der Waals surface area contributed by atoms with Gasteiger partial charge in [0.15, 0.2) is 11.5 Å². The summed E-state index contributed by atoms with van der Waals surface area (Å²) in [6.07, 6.45) is 7.87. The topological polar surface area (TPSA) is 71.3 Å². The molecule has 0 spiro atoms. The van der Waals surface area contributed by atoms with Crippen LogP contribution in [-0.2, 0) is 4.79 Å². The van der Waals surface area contributed by atoms with Crippen molar-refractivity contribution < 1.29 is 9.21 Å². The standard InChI is InChI=1S/C23H24N4O2/c1-15-26-20-5-2-6-21(23(20)29-15)27-13-18-17(19(18)14-27)9-11-25-22(28)8-7-16-4-3-10-24-12-16/h2-8,10,12,17-19H,9,11,13-14H2,1H3,(H,25,28)/b8-7+. The third kappa shape index (κ3) is 3.62. The molecule has 5 rings (SSSR count). The quantitative estimate of drug-likeness (QED) is 0.655. The van der Waals surface area contributed by atoms with E-state index in [1.54, 1.807) is 24.5 Å². The maximum Gasteiger partial charge on any atom is 0.244 e. The van der Waals surface area contributed by atoms with Gasteiger partial charge in [0.1, 0.15) is 5.52 Å². The lowest BCUT2D eigenvalue weighted by Crippen LogP contribution is -2.26. The molecule has 3 heterocycles. The summed E-state index contributed by atoms with van der Waals surface area (Å²) >= 11 is 0. The van der Waals surface area contributed by atoms with Crippen molar-refractivity contribution in [2.45, 2.75) is 13.3 Å². The molecule has 1 N–H and O–H groups in total. The molecule has 0 radical (unpaired) electrons. The third-order valence-corrected chi connectivity index (χ3v) is 6.10. The number of piperidine rings is 1. The smallest absolute Gasteiger partial charge is 0.244 e. The van der Waals surface area contributed by atoms with Gasteiger partial charge >= 0.3 is 0 Å². The van der Waals surface area contributed by atoms with Crippen molar-refractivity contribution in [2.24, 2.45) is 17.8 Å². The molecule has 1 aliphatic heterocycles. The summed E-state index contributed by atoms with van der Waals surface area (Å²) in [4.78, 5) is 22.9. The first-order valence-electron chi connectivity index (χ1n) is 10.2. The largest absolute Gasteiger partial charge is 0.439 e. The molecule has 148 valence electrons. The van der Waals surface area contributed by atoms with E-state index in [0.29, 0.717) is 11.8 Å². The average molecular weight is 388 g/mol. The normalized spacial score (nSPS) is 22.9. The molecule has 3 aromatic rings. The summed E-state index contributed by atoms with van der Waals surface area (Å²) < 4.78 is 5.82. The second kappa shape index (κ2) is 7.35. The number of nitrogens with one attached hydrogen (secondary N) is 1. The molecule has 1 saturated heterocycles. The van der Waals surface area contributed by atoms with Gasteiger partial charge < -0.3 is 14.6 Å². The molecule has 2 aliphatic rings. The Bertz CT molecular complexity index is 1050. The van der Waals surface area contributed by atoms with Crippen molar-refractivity contribution in [1.29, 1.82) is 0 Å². The Morgan fingerprint density at radius 1 is 1.28 bits per heavy atom. The van der Waals surface area contributed by atoms with Crippen LogP contribution in [0.15, 0.2) is 53.2 Å².